The maximum absolute atomic E-state index is 14.3. The largest absolute Gasteiger partial charge is 0.359 e. The van der Waals surface area contributed by atoms with Crippen molar-refractivity contribution in [1.29, 1.82) is 0 Å². The Labute approximate surface area is 269 Å². The minimum atomic E-state index is -1.19. The standard InChI is InChI=1S/C34H40Cl2N4O4/c1-2-39(21-22-10-5-3-6-11-22)16-9-17-40-30(32(42)37-25-12-7-4-8-13-25)34-15-14-27(44-34)28(29(34)33(40)43)31(41)38-26-19-23(35)18-24(36)20-26/h3,5-6,10-11,14-15,18-20,25,27-30H,2,4,7-9,12-13,16-17,21H2,1H3,(H,37,42)(H,38,41)/t27-,28+,29-,30-,34+/m1/s1. The molecule has 44 heavy (non-hydrogen) atoms. The molecule has 3 aliphatic heterocycles. The zero-order chi connectivity index (χ0) is 30.8. The van der Waals surface area contributed by atoms with Crippen molar-refractivity contribution in [3.8, 4) is 0 Å². The Balaban J connectivity index is 1.22. The van der Waals surface area contributed by atoms with Crippen LogP contribution in [0.2, 0.25) is 10.0 Å². The zero-order valence-corrected chi connectivity index (χ0v) is 26.5. The van der Waals surface area contributed by atoms with Gasteiger partial charge < -0.3 is 20.3 Å². The number of fused-ring (bicyclic) bond motifs is 1. The number of ether oxygens (including phenoxy) is 1. The van der Waals surface area contributed by atoms with Gasteiger partial charge in [-0.15, -0.1) is 0 Å². The van der Waals surface area contributed by atoms with Gasteiger partial charge >= 0.3 is 0 Å². The van der Waals surface area contributed by atoms with E-state index >= 15 is 0 Å². The van der Waals surface area contributed by atoms with Gasteiger partial charge in [-0.3, -0.25) is 19.3 Å². The molecule has 10 heteroatoms. The normalized spacial score (nSPS) is 27.6. The van der Waals surface area contributed by atoms with Crippen LogP contribution in [0.4, 0.5) is 5.69 Å². The summed E-state index contributed by atoms with van der Waals surface area (Å²) < 4.78 is 6.50. The van der Waals surface area contributed by atoms with Gasteiger partial charge in [-0.25, -0.2) is 0 Å². The first-order valence-electron chi connectivity index (χ1n) is 15.8. The second-order valence-corrected chi connectivity index (χ2v) is 13.3. The minimum Gasteiger partial charge on any atom is -0.359 e. The number of anilines is 1. The summed E-state index contributed by atoms with van der Waals surface area (Å²) in [4.78, 5) is 46.1. The van der Waals surface area contributed by atoms with Gasteiger partial charge in [0.15, 0.2) is 0 Å². The predicted octanol–water partition coefficient (Wildman–Crippen LogP) is 5.44. The lowest BCUT2D eigenvalue weighted by atomic mass is 9.74. The SMILES string of the molecule is CCN(CCCN1C(=O)[C@H]2[C@@H](C(=O)Nc3cc(Cl)cc(Cl)c3)[C@H]3C=C[C@@]2(O3)[C@H]1C(=O)NC1CCCCC1)Cc1ccccc1. The maximum Gasteiger partial charge on any atom is 0.246 e. The molecule has 0 unspecified atom stereocenters. The van der Waals surface area contributed by atoms with Gasteiger partial charge in [-0.05, 0) is 49.6 Å². The molecule has 4 aliphatic rings. The Bertz CT molecular complexity index is 1390. The van der Waals surface area contributed by atoms with Crippen LogP contribution in [0, 0.1) is 11.8 Å². The molecule has 1 saturated carbocycles. The second kappa shape index (κ2) is 13.2. The highest BCUT2D eigenvalue weighted by Gasteiger charge is 2.72. The molecular weight excluding hydrogens is 599 g/mol. The molecule has 5 atom stereocenters. The van der Waals surface area contributed by atoms with Gasteiger partial charge in [-0.2, -0.15) is 0 Å². The van der Waals surface area contributed by atoms with Crippen molar-refractivity contribution in [1.82, 2.24) is 15.1 Å². The number of nitrogens with zero attached hydrogens (tertiary/aromatic N) is 2. The number of likely N-dealkylation sites (tertiary alicyclic amines) is 1. The van der Waals surface area contributed by atoms with Crippen LogP contribution in [-0.2, 0) is 25.7 Å². The van der Waals surface area contributed by atoms with Crippen molar-refractivity contribution < 1.29 is 19.1 Å². The summed E-state index contributed by atoms with van der Waals surface area (Å²) in [6, 6.07) is 14.4. The highest BCUT2D eigenvalue weighted by molar-refractivity contribution is 6.35. The maximum atomic E-state index is 14.3. The van der Waals surface area contributed by atoms with Crippen molar-refractivity contribution >= 4 is 46.6 Å². The monoisotopic (exact) mass is 638 g/mol. The Morgan fingerprint density at radius 3 is 2.48 bits per heavy atom. The fourth-order valence-corrected chi connectivity index (χ4v) is 8.07. The van der Waals surface area contributed by atoms with Gasteiger partial charge in [0.1, 0.15) is 11.6 Å². The number of benzene rings is 2. The molecule has 8 nitrogen and oxygen atoms in total. The Kier molecular flexibility index (Phi) is 9.34. The van der Waals surface area contributed by atoms with Crippen molar-refractivity contribution in [2.45, 2.75) is 75.8 Å². The van der Waals surface area contributed by atoms with Crippen molar-refractivity contribution in [3.05, 3.63) is 76.3 Å². The highest BCUT2D eigenvalue weighted by atomic mass is 35.5. The number of rotatable bonds is 11. The highest BCUT2D eigenvalue weighted by Crippen LogP contribution is 2.55. The summed E-state index contributed by atoms with van der Waals surface area (Å²) in [5.74, 6) is -2.36. The Hall–Kier alpha value is -2.91. The fourth-order valence-electron chi connectivity index (χ4n) is 7.54. The number of carbonyl (C=O) groups excluding carboxylic acids is 3. The summed E-state index contributed by atoms with van der Waals surface area (Å²) in [6.07, 6.45) is 8.97. The van der Waals surface area contributed by atoms with Crippen LogP contribution >= 0.6 is 23.2 Å². The number of amides is 3. The smallest absolute Gasteiger partial charge is 0.246 e. The average Bonchev–Trinajstić information content (AvgIpc) is 3.64. The van der Waals surface area contributed by atoms with E-state index in [1.807, 2.05) is 30.4 Å². The van der Waals surface area contributed by atoms with Crippen molar-refractivity contribution in [3.63, 3.8) is 0 Å². The molecular formula is C34H40Cl2N4O4. The fraction of sp³-hybridized carbons (Fsp3) is 0.500. The van der Waals surface area contributed by atoms with Gasteiger partial charge in [0.25, 0.3) is 0 Å². The molecule has 2 aromatic rings. The molecule has 2 aromatic carbocycles. The van der Waals surface area contributed by atoms with E-state index in [0.29, 0.717) is 28.7 Å². The van der Waals surface area contributed by atoms with Crippen LogP contribution in [0.5, 0.6) is 0 Å². The van der Waals surface area contributed by atoms with E-state index < -0.39 is 29.6 Å². The van der Waals surface area contributed by atoms with Gasteiger partial charge in [0.05, 0.1) is 17.9 Å². The van der Waals surface area contributed by atoms with E-state index in [2.05, 4.69) is 34.6 Å². The first-order chi connectivity index (χ1) is 21.3. The van der Waals surface area contributed by atoms with E-state index in [0.717, 1.165) is 45.3 Å². The number of carbonyl (C=O) groups is 3. The molecule has 2 N–H and O–H groups in total. The first kappa shape index (κ1) is 31.1. The summed E-state index contributed by atoms with van der Waals surface area (Å²) in [5.41, 5.74) is 0.485. The van der Waals surface area contributed by atoms with Gasteiger partial charge in [0, 0.05) is 41.4 Å². The molecule has 3 amide bonds. The summed E-state index contributed by atoms with van der Waals surface area (Å²) >= 11 is 12.3. The summed E-state index contributed by atoms with van der Waals surface area (Å²) in [6.45, 7) is 4.96. The van der Waals surface area contributed by atoms with Gasteiger partial charge in [0.2, 0.25) is 17.7 Å². The molecule has 3 heterocycles. The lowest BCUT2D eigenvalue weighted by Crippen LogP contribution is -2.56. The number of nitrogens with one attached hydrogen (secondary N) is 2. The van der Waals surface area contributed by atoms with Crippen molar-refractivity contribution in [2.75, 3.05) is 25.0 Å². The van der Waals surface area contributed by atoms with Crippen LogP contribution in [0.1, 0.15) is 51.0 Å². The third-order valence-electron chi connectivity index (χ3n) is 9.58. The molecule has 2 saturated heterocycles. The van der Waals surface area contributed by atoms with E-state index in [1.54, 1.807) is 23.1 Å². The Morgan fingerprint density at radius 2 is 1.77 bits per heavy atom. The first-order valence-corrected chi connectivity index (χ1v) is 16.6. The average molecular weight is 640 g/mol. The minimum absolute atomic E-state index is 0.0827. The number of hydrogen-bond acceptors (Lipinski definition) is 5. The van der Waals surface area contributed by atoms with Crippen LogP contribution in [-0.4, -0.2) is 70.9 Å². The number of halogens is 2. The Morgan fingerprint density at radius 1 is 1.05 bits per heavy atom. The molecule has 6 rings (SSSR count). The van der Waals surface area contributed by atoms with E-state index in [9.17, 15) is 14.4 Å². The molecule has 2 bridgehead atoms. The van der Waals surface area contributed by atoms with Crippen LogP contribution in [0.3, 0.4) is 0 Å². The van der Waals surface area contributed by atoms with Crippen LogP contribution in [0.25, 0.3) is 0 Å². The lowest BCUT2D eigenvalue weighted by molar-refractivity contribution is -0.141. The van der Waals surface area contributed by atoms with E-state index in [-0.39, 0.29) is 23.8 Å². The quantitative estimate of drug-likeness (QED) is 0.320. The third kappa shape index (κ3) is 6.14. The third-order valence-corrected chi connectivity index (χ3v) is 10.0. The van der Waals surface area contributed by atoms with E-state index in [1.165, 1.54) is 12.0 Å². The lowest BCUT2D eigenvalue weighted by Gasteiger charge is -2.34. The molecule has 0 aromatic heterocycles. The molecule has 1 spiro atoms. The van der Waals surface area contributed by atoms with Gasteiger partial charge in [-0.1, -0.05) is 91.9 Å². The molecule has 234 valence electrons. The van der Waals surface area contributed by atoms with Crippen LogP contribution < -0.4 is 10.6 Å². The molecule has 3 fully saturated rings. The van der Waals surface area contributed by atoms with Crippen molar-refractivity contribution in [2.24, 2.45) is 11.8 Å². The summed E-state index contributed by atoms with van der Waals surface area (Å²) in [5, 5.41) is 6.93. The zero-order valence-electron chi connectivity index (χ0n) is 25.0. The molecule has 0 radical (unpaired) electrons. The predicted molar refractivity (Wildman–Crippen MR) is 171 cm³/mol. The second-order valence-electron chi connectivity index (χ2n) is 12.4. The summed E-state index contributed by atoms with van der Waals surface area (Å²) in [7, 11) is 0. The number of hydrogen-bond donors (Lipinski definition) is 2. The van der Waals surface area contributed by atoms with Crippen LogP contribution in [0.15, 0.2) is 60.7 Å². The molecule has 1 aliphatic carbocycles. The topological polar surface area (TPSA) is 91.0 Å². The van der Waals surface area contributed by atoms with E-state index in [4.69, 9.17) is 27.9 Å².